The SMILES string of the molecule is C.COC(=O)C(C)Oc1ccc(-c2nc(-c3ccc(OC)cc3)nc(-c3ccc(OC(C)C(=O)OCCCCCCCCCCCCOC(=O)CCC(C)=O)cc3O)n2)c(O)c1. The van der Waals surface area contributed by atoms with Gasteiger partial charge in [-0.25, -0.2) is 24.5 Å². The molecule has 1 aromatic heterocycles. The number of nitrogens with zero attached hydrogens (tertiary/aromatic N) is 3. The number of phenols is 2. The zero-order valence-corrected chi connectivity index (χ0v) is 35.6. The van der Waals surface area contributed by atoms with Gasteiger partial charge in [0.15, 0.2) is 29.7 Å². The number of rotatable bonds is 26. The van der Waals surface area contributed by atoms with Gasteiger partial charge >= 0.3 is 17.9 Å². The Morgan fingerprint density at radius 1 is 0.565 bits per heavy atom. The lowest BCUT2D eigenvalue weighted by atomic mass is 10.1. The van der Waals surface area contributed by atoms with Crippen LogP contribution < -0.4 is 14.2 Å². The maximum atomic E-state index is 12.7. The number of unbranched alkanes of at least 4 members (excludes halogenated alkanes) is 9. The van der Waals surface area contributed by atoms with Gasteiger partial charge in [0.2, 0.25) is 0 Å². The Bertz CT molecular complexity index is 2060. The molecule has 0 aliphatic rings. The molecule has 2 N–H and O–H groups in total. The molecular formula is C47H61N3O12. The van der Waals surface area contributed by atoms with Crippen LogP contribution in [-0.4, -0.2) is 88.5 Å². The number of methoxy groups -OCH3 is 2. The molecular weight excluding hydrogens is 799 g/mol. The third-order valence-corrected chi connectivity index (χ3v) is 9.62. The van der Waals surface area contributed by atoms with E-state index in [1.165, 1.54) is 33.1 Å². The fourth-order valence-corrected chi connectivity index (χ4v) is 6.15. The molecule has 0 saturated heterocycles. The van der Waals surface area contributed by atoms with E-state index >= 15 is 0 Å². The Morgan fingerprint density at radius 3 is 1.45 bits per heavy atom. The summed E-state index contributed by atoms with van der Waals surface area (Å²) in [6.45, 7) is 5.26. The van der Waals surface area contributed by atoms with Crippen LogP contribution in [0.3, 0.4) is 0 Å². The van der Waals surface area contributed by atoms with Crippen LogP contribution in [0.4, 0.5) is 0 Å². The van der Waals surface area contributed by atoms with Gasteiger partial charge in [-0.1, -0.05) is 58.8 Å². The first kappa shape index (κ1) is 50.1. The number of esters is 3. The lowest BCUT2D eigenvalue weighted by Crippen LogP contribution is -2.26. The lowest BCUT2D eigenvalue weighted by molar-refractivity contribution is -0.151. The van der Waals surface area contributed by atoms with Crippen molar-refractivity contribution in [3.63, 3.8) is 0 Å². The van der Waals surface area contributed by atoms with Crippen molar-refractivity contribution < 1.29 is 57.8 Å². The van der Waals surface area contributed by atoms with Gasteiger partial charge < -0.3 is 43.4 Å². The molecule has 4 rings (SSSR count). The maximum Gasteiger partial charge on any atom is 0.347 e. The van der Waals surface area contributed by atoms with Crippen molar-refractivity contribution in [3.8, 4) is 62.9 Å². The van der Waals surface area contributed by atoms with E-state index in [2.05, 4.69) is 15.0 Å². The van der Waals surface area contributed by atoms with E-state index in [0.717, 1.165) is 64.2 Å². The molecule has 0 fully saturated rings. The molecule has 2 unspecified atom stereocenters. The highest BCUT2D eigenvalue weighted by Crippen LogP contribution is 2.36. The molecule has 0 radical (unpaired) electrons. The molecule has 4 aromatic rings. The third kappa shape index (κ3) is 16.3. The van der Waals surface area contributed by atoms with Gasteiger partial charge in [0.25, 0.3) is 0 Å². The number of carbonyl (C=O) groups excluding carboxylic acids is 4. The van der Waals surface area contributed by atoms with Crippen molar-refractivity contribution in [2.75, 3.05) is 27.4 Å². The van der Waals surface area contributed by atoms with Crippen LogP contribution in [-0.2, 0) is 33.4 Å². The predicted molar refractivity (Wildman–Crippen MR) is 233 cm³/mol. The monoisotopic (exact) mass is 859 g/mol. The van der Waals surface area contributed by atoms with Crippen molar-refractivity contribution in [1.29, 1.82) is 0 Å². The number of carbonyl (C=O) groups is 4. The summed E-state index contributed by atoms with van der Waals surface area (Å²) in [5.41, 5.74) is 1.10. The number of aromatic nitrogens is 3. The van der Waals surface area contributed by atoms with Crippen molar-refractivity contribution in [2.24, 2.45) is 0 Å². The van der Waals surface area contributed by atoms with Crippen molar-refractivity contribution in [1.82, 2.24) is 15.0 Å². The minimum Gasteiger partial charge on any atom is -0.507 e. The fraction of sp³-hybridized carbons (Fsp3) is 0.468. The molecule has 1 heterocycles. The normalized spacial score (nSPS) is 11.7. The Morgan fingerprint density at radius 2 is 1.00 bits per heavy atom. The van der Waals surface area contributed by atoms with Gasteiger partial charge in [-0.2, -0.15) is 0 Å². The molecule has 0 bridgehead atoms. The fourth-order valence-electron chi connectivity index (χ4n) is 6.15. The summed E-state index contributed by atoms with van der Waals surface area (Å²) in [7, 11) is 2.81. The Hall–Kier alpha value is -6.25. The average Bonchev–Trinajstić information content (AvgIpc) is 3.25. The number of Topliss-reactive ketones (excluding diaryl/α,β-unsaturated/α-hetero) is 1. The van der Waals surface area contributed by atoms with Crippen LogP contribution in [0.2, 0.25) is 0 Å². The largest absolute Gasteiger partial charge is 0.507 e. The first-order chi connectivity index (χ1) is 29.4. The minimum atomic E-state index is -0.931. The van der Waals surface area contributed by atoms with Gasteiger partial charge in [-0.15, -0.1) is 0 Å². The first-order valence-corrected chi connectivity index (χ1v) is 20.7. The Labute approximate surface area is 364 Å². The molecule has 2 atom stereocenters. The molecule has 0 aliphatic carbocycles. The summed E-state index contributed by atoms with van der Waals surface area (Å²) in [6.07, 6.45) is 8.78. The van der Waals surface area contributed by atoms with E-state index in [0.29, 0.717) is 17.9 Å². The number of ether oxygens (including phenoxy) is 6. The lowest BCUT2D eigenvalue weighted by Gasteiger charge is -2.15. The molecule has 0 saturated carbocycles. The second-order valence-corrected chi connectivity index (χ2v) is 14.6. The van der Waals surface area contributed by atoms with Crippen LogP contribution in [0.1, 0.15) is 105 Å². The van der Waals surface area contributed by atoms with Crippen molar-refractivity contribution in [2.45, 2.75) is 117 Å². The Balaban J connectivity index is 0.0000102. The smallest absolute Gasteiger partial charge is 0.347 e. The number of hydrogen-bond acceptors (Lipinski definition) is 15. The van der Waals surface area contributed by atoms with E-state index in [1.807, 2.05) is 0 Å². The van der Waals surface area contributed by atoms with Gasteiger partial charge in [0.05, 0.1) is 45.0 Å². The van der Waals surface area contributed by atoms with Crippen LogP contribution in [0.15, 0.2) is 60.7 Å². The highest BCUT2D eigenvalue weighted by atomic mass is 16.6. The van der Waals surface area contributed by atoms with Crippen LogP contribution in [0.25, 0.3) is 34.2 Å². The topological polar surface area (TPSA) is 203 Å². The molecule has 3 aromatic carbocycles. The highest BCUT2D eigenvalue weighted by molar-refractivity contribution is 5.81. The summed E-state index contributed by atoms with van der Waals surface area (Å²) < 4.78 is 32.0. The van der Waals surface area contributed by atoms with Crippen LogP contribution in [0, 0.1) is 0 Å². The van der Waals surface area contributed by atoms with E-state index in [4.69, 9.17) is 28.4 Å². The number of phenolic OH excluding ortho intramolecular Hbond substituents is 2. The van der Waals surface area contributed by atoms with Gasteiger partial charge in [0, 0.05) is 24.1 Å². The Kier molecular flexibility index (Phi) is 21.1. The van der Waals surface area contributed by atoms with E-state index in [-0.39, 0.29) is 90.2 Å². The summed E-state index contributed by atoms with van der Waals surface area (Å²) >= 11 is 0. The number of hydrogen-bond donors (Lipinski definition) is 2. The number of benzene rings is 3. The zero-order valence-electron chi connectivity index (χ0n) is 35.6. The molecule has 62 heavy (non-hydrogen) atoms. The second-order valence-electron chi connectivity index (χ2n) is 14.6. The minimum absolute atomic E-state index is 0. The number of ketones is 1. The molecule has 336 valence electrons. The van der Waals surface area contributed by atoms with Gasteiger partial charge in [-0.3, -0.25) is 4.79 Å². The van der Waals surface area contributed by atoms with Gasteiger partial charge in [-0.05, 0) is 82.1 Å². The molecule has 0 amide bonds. The van der Waals surface area contributed by atoms with Crippen LogP contribution >= 0.6 is 0 Å². The summed E-state index contributed by atoms with van der Waals surface area (Å²) in [5, 5.41) is 22.2. The summed E-state index contributed by atoms with van der Waals surface area (Å²) in [5.74, 6) is -0.319. The quantitative estimate of drug-likeness (QED) is 0.0344. The highest BCUT2D eigenvalue weighted by Gasteiger charge is 2.21. The molecule has 0 spiro atoms. The molecule has 0 aliphatic heterocycles. The zero-order chi connectivity index (χ0) is 44.1. The molecule has 15 heteroatoms. The van der Waals surface area contributed by atoms with Crippen molar-refractivity contribution >= 4 is 23.7 Å². The standard InChI is InChI=1S/C46H57N3O12.CH4/c1-30(50)16-25-41(53)58-26-14-12-10-8-6-7-9-11-13-15-27-59-46(55)32(3)61-36-22-24-38(40(52)29-36)44-48-42(33-17-19-34(56-4)20-18-33)47-43(49-44)37-23-21-35(28-39(37)51)60-31(2)45(54)57-5;/h17-24,28-29,31-32,51-52H,6-16,25-27H2,1-5H3;1H4. The average molecular weight is 860 g/mol. The summed E-state index contributed by atoms with van der Waals surface area (Å²) in [4.78, 5) is 60.9. The first-order valence-electron chi connectivity index (χ1n) is 20.7. The maximum absolute atomic E-state index is 12.7. The third-order valence-electron chi connectivity index (χ3n) is 9.62. The number of aromatic hydroxyl groups is 2. The van der Waals surface area contributed by atoms with Crippen LogP contribution in [0.5, 0.6) is 28.7 Å². The van der Waals surface area contributed by atoms with Crippen molar-refractivity contribution in [3.05, 3.63) is 60.7 Å². The van der Waals surface area contributed by atoms with Gasteiger partial charge in [0.1, 0.15) is 34.5 Å². The second kappa shape index (κ2) is 26.2. The van der Waals surface area contributed by atoms with E-state index < -0.39 is 24.1 Å². The summed E-state index contributed by atoms with van der Waals surface area (Å²) in [6, 6.07) is 16.0. The predicted octanol–water partition coefficient (Wildman–Crippen LogP) is 8.99. The van der Waals surface area contributed by atoms with E-state index in [1.54, 1.807) is 62.6 Å². The molecule has 15 nitrogen and oxygen atoms in total. The van der Waals surface area contributed by atoms with E-state index in [9.17, 15) is 29.4 Å².